The molecule has 98 valence electrons. The summed E-state index contributed by atoms with van der Waals surface area (Å²) in [5.41, 5.74) is 0. The van der Waals surface area contributed by atoms with Crippen LogP contribution in [0.1, 0.15) is 39.5 Å². The van der Waals surface area contributed by atoms with Crippen LogP contribution in [0.5, 0.6) is 0 Å². The molecule has 0 amide bonds. The summed E-state index contributed by atoms with van der Waals surface area (Å²) in [4.78, 5) is 2.57. The maximum atomic E-state index is 5.93. The maximum Gasteiger partial charge on any atom is 0.0733 e. The largest absolute Gasteiger partial charge is 0.373 e. The van der Waals surface area contributed by atoms with Crippen molar-refractivity contribution in [1.29, 1.82) is 0 Å². The standard InChI is InChI=1S/C14H26N2O/c1-3-16-7-6-12(10(2)9-16)15-13-8-11-4-5-14(13)17-11/h10-15H,3-9H2,1-2H3. The van der Waals surface area contributed by atoms with E-state index >= 15 is 0 Å². The van der Waals surface area contributed by atoms with Crippen molar-refractivity contribution in [2.75, 3.05) is 19.6 Å². The average Bonchev–Trinajstić information content (AvgIpc) is 2.93. The molecule has 3 rings (SSSR count). The fourth-order valence-corrected chi connectivity index (χ4v) is 3.85. The molecule has 3 fully saturated rings. The van der Waals surface area contributed by atoms with Crippen LogP contribution < -0.4 is 5.32 Å². The van der Waals surface area contributed by atoms with Crippen LogP contribution >= 0.6 is 0 Å². The summed E-state index contributed by atoms with van der Waals surface area (Å²) in [6.45, 7) is 8.39. The highest BCUT2D eigenvalue weighted by Crippen LogP contribution is 2.35. The van der Waals surface area contributed by atoms with Crippen LogP contribution in [-0.4, -0.2) is 48.8 Å². The molecule has 5 unspecified atom stereocenters. The second kappa shape index (κ2) is 4.87. The number of piperidine rings is 1. The predicted octanol–water partition coefficient (Wildman–Crippen LogP) is 1.63. The zero-order valence-electron chi connectivity index (χ0n) is 11.2. The molecule has 3 aliphatic rings. The van der Waals surface area contributed by atoms with Gasteiger partial charge in [0.15, 0.2) is 0 Å². The lowest BCUT2D eigenvalue weighted by Gasteiger charge is -2.39. The van der Waals surface area contributed by atoms with E-state index in [0.717, 1.165) is 5.92 Å². The fourth-order valence-electron chi connectivity index (χ4n) is 3.85. The third-order valence-corrected chi connectivity index (χ3v) is 4.97. The van der Waals surface area contributed by atoms with Crippen LogP contribution in [0.4, 0.5) is 0 Å². The van der Waals surface area contributed by atoms with E-state index in [2.05, 4.69) is 24.1 Å². The number of hydrogen-bond acceptors (Lipinski definition) is 3. The maximum absolute atomic E-state index is 5.93. The van der Waals surface area contributed by atoms with Crippen molar-refractivity contribution < 1.29 is 4.74 Å². The Morgan fingerprint density at radius 2 is 2.12 bits per heavy atom. The molecule has 17 heavy (non-hydrogen) atoms. The fraction of sp³-hybridized carbons (Fsp3) is 1.00. The molecule has 5 atom stereocenters. The number of hydrogen-bond donors (Lipinski definition) is 1. The van der Waals surface area contributed by atoms with E-state index in [1.165, 1.54) is 45.3 Å². The number of fused-ring (bicyclic) bond motifs is 2. The van der Waals surface area contributed by atoms with Crippen LogP contribution in [0.25, 0.3) is 0 Å². The summed E-state index contributed by atoms with van der Waals surface area (Å²) in [5.74, 6) is 0.780. The second-order valence-corrected chi connectivity index (χ2v) is 6.15. The van der Waals surface area contributed by atoms with Gasteiger partial charge < -0.3 is 15.0 Å². The van der Waals surface area contributed by atoms with E-state index in [1.807, 2.05) is 0 Å². The number of ether oxygens (including phenoxy) is 1. The summed E-state index contributed by atoms with van der Waals surface area (Å²) in [6, 6.07) is 1.36. The number of nitrogens with one attached hydrogen (secondary N) is 1. The molecule has 0 radical (unpaired) electrons. The van der Waals surface area contributed by atoms with E-state index in [-0.39, 0.29) is 0 Å². The van der Waals surface area contributed by atoms with E-state index in [4.69, 9.17) is 4.74 Å². The smallest absolute Gasteiger partial charge is 0.0733 e. The third-order valence-electron chi connectivity index (χ3n) is 4.97. The number of rotatable bonds is 3. The van der Waals surface area contributed by atoms with Crippen molar-refractivity contribution in [1.82, 2.24) is 10.2 Å². The molecule has 0 aromatic carbocycles. The molecule has 3 aliphatic heterocycles. The molecule has 2 bridgehead atoms. The van der Waals surface area contributed by atoms with Crippen LogP contribution in [0.2, 0.25) is 0 Å². The molecule has 3 saturated heterocycles. The average molecular weight is 238 g/mol. The highest BCUT2D eigenvalue weighted by molar-refractivity contribution is 4.96. The van der Waals surface area contributed by atoms with Gasteiger partial charge in [-0.1, -0.05) is 13.8 Å². The minimum atomic E-state index is 0.524. The molecule has 0 aliphatic carbocycles. The van der Waals surface area contributed by atoms with Crippen molar-refractivity contribution in [3.8, 4) is 0 Å². The highest BCUT2D eigenvalue weighted by atomic mass is 16.5. The Morgan fingerprint density at radius 1 is 1.24 bits per heavy atom. The van der Waals surface area contributed by atoms with Crippen molar-refractivity contribution >= 4 is 0 Å². The van der Waals surface area contributed by atoms with Gasteiger partial charge in [-0.3, -0.25) is 0 Å². The Hall–Kier alpha value is -0.120. The Labute approximate surface area is 105 Å². The summed E-state index contributed by atoms with van der Waals surface area (Å²) in [7, 11) is 0. The summed E-state index contributed by atoms with van der Waals surface area (Å²) >= 11 is 0. The van der Waals surface area contributed by atoms with Gasteiger partial charge in [0.1, 0.15) is 0 Å². The molecule has 0 aromatic rings. The predicted molar refractivity (Wildman–Crippen MR) is 69.1 cm³/mol. The second-order valence-electron chi connectivity index (χ2n) is 6.15. The minimum absolute atomic E-state index is 0.524. The molecule has 0 spiro atoms. The summed E-state index contributed by atoms with van der Waals surface area (Å²) < 4.78 is 5.93. The van der Waals surface area contributed by atoms with Gasteiger partial charge in [0, 0.05) is 18.6 Å². The zero-order chi connectivity index (χ0) is 11.8. The van der Waals surface area contributed by atoms with Crippen LogP contribution in [-0.2, 0) is 4.74 Å². The first-order chi connectivity index (χ1) is 8.26. The van der Waals surface area contributed by atoms with Gasteiger partial charge >= 0.3 is 0 Å². The first-order valence-corrected chi connectivity index (χ1v) is 7.40. The van der Waals surface area contributed by atoms with Gasteiger partial charge in [-0.2, -0.15) is 0 Å². The molecular formula is C14H26N2O. The Balaban J connectivity index is 1.52. The van der Waals surface area contributed by atoms with Crippen molar-refractivity contribution in [3.63, 3.8) is 0 Å². The van der Waals surface area contributed by atoms with Gasteiger partial charge in [-0.05, 0) is 44.7 Å². The Kier molecular flexibility index (Phi) is 3.42. The van der Waals surface area contributed by atoms with Crippen molar-refractivity contribution in [2.45, 2.75) is 63.8 Å². The van der Waals surface area contributed by atoms with Crippen molar-refractivity contribution in [2.24, 2.45) is 5.92 Å². The van der Waals surface area contributed by atoms with Gasteiger partial charge in [-0.15, -0.1) is 0 Å². The first-order valence-electron chi connectivity index (χ1n) is 7.40. The van der Waals surface area contributed by atoms with E-state index in [1.54, 1.807) is 0 Å². The van der Waals surface area contributed by atoms with Gasteiger partial charge in [0.25, 0.3) is 0 Å². The van der Waals surface area contributed by atoms with Crippen LogP contribution in [0.3, 0.4) is 0 Å². The lowest BCUT2D eigenvalue weighted by molar-refractivity contribution is 0.0888. The lowest BCUT2D eigenvalue weighted by atomic mass is 9.89. The molecule has 3 heteroatoms. The third kappa shape index (κ3) is 2.38. The number of nitrogens with zero attached hydrogens (tertiary/aromatic N) is 1. The molecule has 3 heterocycles. The van der Waals surface area contributed by atoms with Crippen molar-refractivity contribution in [3.05, 3.63) is 0 Å². The lowest BCUT2D eigenvalue weighted by Crippen LogP contribution is -2.53. The normalized spacial score (nSPS) is 46.6. The van der Waals surface area contributed by atoms with E-state index in [9.17, 15) is 0 Å². The highest BCUT2D eigenvalue weighted by Gasteiger charge is 2.42. The SMILES string of the molecule is CCN1CCC(NC2CC3CCC2O3)C(C)C1. The van der Waals surface area contributed by atoms with Crippen LogP contribution in [0.15, 0.2) is 0 Å². The molecular weight excluding hydrogens is 212 g/mol. The quantitative estimate of drug-likeness (QED) is 0.809. The molecule has 3 nitrogen and oxygen atoms in total. The Bertz CT molecular complexity index is 271. The summed E-state index contributed by atoms with van der Waals surface area (Å²) in [6.07, 6.45) is 6.24. The van der Waals surface area contributed by atoms with E-state index in [0.29, 0.717) is 24.3 Å². The van der Waals surface area contributed by atoms with E-state index < -0.39 is 0 Å². The molecule has 1 N–H and O–H groups in total. The minimum Gasteiger partial charge on any atom is -0.373 e. The summed E-state index contributed by atoms with van der Waals surface area (Å²) in [5, 5.41) is 3.89. The Morgan fingerprint density at radius 3 is 2.71 bits per heavy atom. The van der Waals surface area contributed by atoms with Crippen LogP contribution in [0, 0.1) is 5.92 Å². The topological polar surface area (TPSA) is 24.5 Å². The first kappa shape index (κ1) is 11.9. The van der Waals surface area contributed by atoms with Gasteiger partial charge in [-0.25, -0.2) is 0 Å². The molecule has 0 saturated carbocycles. The van der Waals surface area contributed by atoms with Gasteiger partial charge in [0.2, 0.25) is 0 Å². The van der Waals surface area contributed by atoms with Gasteiger partial charge in [0.05, 0.1) is 12.2 Å². The number of likely N-dealkylation sites (tertiary alicyclic amines) is 1. The monoisotopic (exact) mass is 238 g/mol. The molecule has 0 aromatic heterocycles. The zero-order valence-corrected chi connectivity index (χ0v) is 11.2.